The Morgan fingerprint density at radius 1 is 0.941 bits per heavy atom. The first kappa shape index (κ1) is 23.5. The van der Waals surface area contributed by atoms with Crippen LogP contribution >= 0.6 is 11.3 Å². The van der Waals surface area contributed by atoms with E-state index < -0.39 is 0 Å². The van der Waals surface area contributed by atoms with Crippen molar-refractivity contribution in [2.45, 2.75) is 25.8 Å². The number of benzene rings is 2. The minimum Gasteiger partial charge on any atom is -0.349 e. The van der Waals surface area contributed by atoms with Gasteiger partial charge in [-0.15, -0.1) is 11.3 Å². The number of para-hydroxylation sites is 1. The van der Waals surface area contributed by atoms with E-state index in [0.717, 1.165) is 18.4 Å². The normalized spacial score (nSPS) is 16.4. The summed E-state index contributed by atoms with van der Waals surface area (Å²) in [5.74, 6) is -0.261. The molecule has 1 aliphatic heterocycles. The number of carbonyl (C=O) groups excluding carboxylic acids is 3. The predicted molar refractivity (Wildman–Crippen MR) is 135 cm³/mol. The maximum atomic E-state index is 12.9. The summed E-state index contributed by atoms with van der Waals surface area (Å²) in [5.41, 5.74) is 2.31. The van der Waals surface area contributed by atoms with Crippen LogP contribution in [0.25, 0.3) is 0 Å². The highest BCUT2D eigenvalue weighted by Gasteiger charge is 2.30. The Balaban J connectivity index is 1.29. The molecule has 0 spiro atoms. The predicted octanol–water partition coefficient (Wildman–Crippen LogP) is 5.12. The first-order valence-corrected chi connectivity index (χ1v) is 12.2. The summed E-state index contributed by atoms with van der Waals surface area (Å²) in [6, 6.07) is 19.8. The molecule has 1 saturated heterocycles. The van der Waals surface area contributed by atoms with Crippen LogP contribution in [-0.4, -0.2) is 35.8 Å². The van der Waals surface area contributed by atoms with Crippen molar-refractivity contribution in [3.63, 3.8) is 0 Å². The first-order valence-electron chi connectivity index (χ1n) is 11.4. The standard InChI is InChI=1S/C26H28N4O3S/c1-18(19-11-13-22(14-12-19)29-26(33)28-21-8-3-2-4-9-21)27-24(31)20-7-5-15-30(17-20)25(32)23-10-6-16-34-23/h2-4,6,8-14,16,18,20H,5,7,15,17H2,1H3,(H,27,31)(H2,28,29,33). The van der Waals surface area contributed by atoms with Crippen LogP contribution < -0.4 is 16.0 Å². The fourth-order valence-electron chi connectivity index (χ4n) is 4.02. The van der Waals surface area contributed by atoms with Crippen LogP contribution in [0.5, 0.6) is 0 Å². The molecule has 2 heterocycles. The Morgan fingerprint density at radius 2 is 1.65 bits per heavy atom. The lowest BCUT2D eigenvalue weighted by Crippen LogP contribution is -2.45. The third-order valence-electron chi connectivity index (χ3n) is 5.87. The third-order valence-corrected chi connectivity index (χ3v) is 6.73. The zero-order chi connectivity index (χ0) is 23.9. The van der Waals surface area contributed by atoms with E-state index in [1.54, 1.807) is 4.90 Å². The number of amides is 4. The SMILES string of the molecule is CC(NC(=O)C1CCCN(C(=O)c2cccs2)C1)c1ccc(NC(=O)Nc2ccccc2)cc1. The molecule has 1 aliphatic rings. The molecular formula is C26H28N4O3S. The van der Waals surface area contributed by atoms with Gasteiger partial charge < -0.3 is 20.9 Å². The summed E-state index contributed by atoms with van der Waals surface area (Å²) in [4.78, 5) is 40.2. The second kappa shape index (κ2) is 11.0. The minimum atomic E-state index is -0.320. The van der Waals surface area contributed by atoms with E-state index in [2.05, 4.69) is 16.0 Å². The lowest BCUT2D eigenvalue weighted by Gasteiger charge is -2.32. The van der Waals surface area contributed by atoms with Gasteiger partial charge in [0.1, 0.15) is 0 Å². The number of urea groups is 1. The van der Waals surface area contributed by atoms with Crippen LogP contribution in [0.1, 0.15) is 41.0 Å². The van der Waals surface area contributed by atoms with Crippen LogP contribution in [0, 0.1) is 5.92 Å². The Kier molecular flexibility index (Phi) is 7.59. The number of piperidine rings is 1. The van der Waals surface area contributed by atoms with E-state index >= 15 is 0 Å². The summed E-state index contributed by atoms with van der Waals surface area (Å²) in [6.45, 7) is 3.05. The Bertz CT molecular complexity index is 1120. The molecule has 4 amide bonds. The van der Waals surface area contributed by atoms with Gasteiger partial charge in [0.25, 0.3) is 5.91 Å². The molecule has 1 fully saturated rings. The molecular weight excluding hydrogens is 448 g/mol. The van der Waals surface area contributed by atoms with Crippen molar-refractivity contribution in [1.82, 2.24) is 10.2 Å². The topological polar surface area (TPSA) is 90.5 Å². The van der Waals surface area contributed by atoms with Gasteiger partial charge in [-0.3, -0.25) is 9.59 Å². The van der Waals surface area contributed by atoms with Crippen LogP contribution in [-0.2, 0) is 4.79 Å². The van der Waals surface area contributed by atoms with E-state index in [1.807, 2.05) is 79.0 Å². The van der Waals surface area contributed by atoms with Gasteiger partial charge in [0.05, 0.1) is 16.8 Å². The van der Waals surface area contributed by atoms with Gasteiger partial charge in [-0.05, 0) is 61.0 Å². The van der Waals surface area contributed by atoms with Gasteiger partial charge in [0.15, 0.2) is 0 Å². The lowest BCUT2D eigenvalue weighted by atomic mass is 9.96. The monoisotopic (exact) mass is 476 g/mol. The van der Waals surface area contributed by atoms with E-state index in [0.29, 0.717) is 29.3 Å². The average Bonchev–Trinajstić information content (AvgIpc) is 3.39. The van der Waals surface area contributed by atoms with Crippen LogP contribution in [0.15, 0.2) is 72.1 Å². The quantitative estimate of drug-likeness (QED) is 0.461. The largest absolute Gasteiger partial charge is 0.349 e. The zero-order valence-corrected chi connectivity index (χ0v) is 19.8. The maximum absolute atomic E-state index is 12.9. The molecule has 2 atom stereocenters. The van der Waals surface area contributed by atoms with Crippen molar-refractivity contribution in [1.29, 1.82) is 0 Å². The lowest BCUT2D eigenvalue weighted by molar-refractivity contribution is -0.127. The average molecular weight is 477 g/mol. The second-order valence-corrected chi connectivity index (χ2v) is 9.31. The van der Waals surface area contributed by atoms with Crippen molar-refractivity contribution in [3.05, 3.63) is 82.6 Å². The van der Waals surface area contributed by atoms with Crippen molar-refractivity contribution >= 4 is 40.6 Å². The molecule has 0 aliphatic carbocycles. The number of nitrogens with one attached hydrogen (secondary N) is 3. The first-order chi connectivity index (χ1) is 16.5. The highest BCUT2D eigenvalue weighted by atomic mass is 32.1. The molecule has 2 unspecified atom stereocenters. The number of hydrogen-bond acceptors (Lipinski definition) is 4. The molecule has 7 nitrogen and oxygen atoms in total. The van der Waals surface area contributed by atoms with Crippen LogP contribution in [0.2, 0.25) is 0 Å². The molecule has 3 N–H and O–H groups in total. The molecule has 3 aromatic rings. The third kappa shape index (κ3) is 6.02. The van der Waals surface area contributed by atoms with E-state index in [1.165, 1.54) is 11.3 Å². The van der Waals surface area contributed by atoms with Gasteiger partial charge in [0.2, 0.25) is 5.91 Å². The highest BCUT2D eigenvalue weighted by molar-refractivity contribution is 7.12. The fourth-order valence-corrected chi connectivity index (χ4v) is 4.71. The number of anilines is 2. The molecule has 2 aromatic carbocycles. The number of hydrogen-bond donors (Lipinski definition) is 3. The van der Waals surface area contributed by atoms with E-state index in [-0.39, 0.29) is 29.8 Å². The van der Waals surface area contributed by atoms with E-state index in [9.17, 15) is 14.4 Å². The van der Waals surface area contributed by atoms with Crippen molar-refractivity contribution in [2.24, 2.45) is 5.92 Å². The molecule has 0 saturated carbocycles. The highest BCUT2D eigenvalue weighted by Crippen LogP contribution is 2.22. The van der Waals surface area contributed by atoms with Crippen LogP contribution in [0.3, 0.4) is 0 Å². The van der Waals surface area contributed by atoms with Gasteiger partial charge in [-0.1, -0.05) is 36.4 Å². The summed E-state index contributed by atoms with van der Waals surface area (Å²) < 4.78 is 0. The summed E-state index contributed by atoms with van der Waals surface area (Å²) >= 11 is 1.43. The number of likely N-dealkylation sites (tertiary alicyclic amines) is 1. The fraction of sp³-hybridized carbons (Fsp3) is 0.269. The smallest absolute Gasteiger partial charge is 0.323 e. The summed E-state index contributed by atoms with van der Waals surface area (Å²) in [7, 11) is 0. The summed E-state index contributed by atoms with van der Waals surface area (Å²) in [5, 5.41) is 10.5. The zero-order valence-electron chi connectivity index (χ0n) is 19.0. The molecule has 4 rings (SSSR count). The summed E-state index contributed by atoms with van der Waals surface area (Å²) in [6.07, 6.45) is 1.58. The number of rotatable bonds is 6. The molecule has 0 bridgehead atoms. The molecule has 8 heteroatoms. The van der Waals surface area contributed by atoms with Gasteiger partial charge in [-0.2, -0.15) is 0 Å². The van der Waals surface area contributed by atoms with Crippen molar-refractivity contribution in [3.8, 4) is 0 Å². The Hall–Kier alpha value is -3.65. The van der Waals surface area contributed by atoms with Gasteiger partial charge in [-0.25, -0.2) is 4.79 Å². The second-order valence-electron chi connectivity index (χ2n) is 8.37. The van der Waals surface area contributed by atoms with Crippen molar-refractivity contribution < 1.29 is 14.4 Å². The molecule has 176 valence electrons. The Morgan fingerprint density at radius 3 is 2.32 bits per heavy atom. The number of thiophene rings is 1. The number of carbonyl (C=O) groups is 3. The van der Waals surface area contributed by atoms with E-state index in [4.69, 9.17) is 0 Å². The van der Waals surface area contributed by atoms with Gasteiger partial charge >= 0.3 is 6.03 Å². The Labute approximate surface area is 203 Å². The van der Waals surface area contributed by atoms with Gasteiger partial charge in [0, 0.05) is 24.5 Å². The molecule has 34 heavy (non-hydrogen) atoms. The number of nitrogens with zero attached hydrogens (tertiary/aromatic N) is 1. The molecule has 0 radical (unpaired) electrons. The minimum absolute atomic E-state index is 0.0000569. The van der Waals surface area contributed by atoms with Crippen LogP contribution in [0.4, 0.5) is 16.2 Å². The molecule has 1 aromatic heterocycles. The van der Waals surface area contributed by atoms with Crippen molar-refractivity contribution in [2.75, 3.05) is 23.7 Å². The maximum Gasteiger partial charge on any atom is 0.323 e.